The van der Waals surface area contributed by atoms with Gasteiger partial charge in [0.15, 0.2) is 0 Å². The third kappa shape index (κ3) is 10.6. The van der Waals surface area contributed by atoms with Gasteiger partial charge in [-0.05, 0) is 52.6 Å². The first-order valence-electron chi connectivity index (χ1n) is 11.3. The molecule has 0 heterocycles. The minimum atomic E-state index is -1.89. The summed E-state index contributed by atoms with van der Waals surface area (Å²) >= 11 is 0. The second kappa shape index (κ2) is 16.2. The van der Waals surface area contributed by atoms with Gasteiger partial charge in [0, 0.05) is 19.0 Å². The summed E-state index contributed by atoms with van der Waals surface area (Å²) in [6.45, 7) is 21.9. The Bertz CT molecular complexity index is 296. The van der Waals surface area contributed by atoms with Crippen LogP contribution >= 0.6 is 0 Å². The SMILES string of the molecule is CCO[Si](C)(CCCCCC[SiH2]C(N(CC)CC)N(CC)CC)OCC. The molecule has 0 spiro atoms. The van der Waals surface area contributed by atoms with Crippen molar-refractivity contribution in [2.45, 2.75) is 91.6 Å². The molecule has 0 aliphatic heterocycles. The van der Waals surface area contributed by atoms with Gasteiger partial charge in [0.05, 0.1) is 9.52 Å². The Morgan fingerprint density at radius 2 is 1.19 bits per heavy atom. The standard InChI is InChI=1S/C20H48N2O2Si2/c1-8-21(9-2)20(22(10-3)11-4)25-18-16-14-15-17-19-26(7,23-12-5)24-13-6/h20H,8-19,25H2,1-7H3. The van der Waals surface area contributed by atoms with E-state index in [0.717, 1.165) is 25.0 Å². The molecule has 0 unspecified atom stereocenters. The summed E-state index contributed by atoms with van der Waals surface area (Å²) in [7, 11) is -1.97. The molecule has 0 atom stereocenters. The fourth-order valence-corrected chi connectivity index (χ4v) is 9.24. The van der Waals surface area contributed by atoms with E-state index in [9.17, 15) is 0 Å². The molecule has 0 saturated heterocycles. The van der Waals surface area contributed by atoms with Gasteiger partial charge in [-0.2, -0.15) is 0 Å². The minimum Gasteiger partial charge on any atom is -0.395 e. The quantitative estimate of drug-likeness (QED) is 0.194. The molecule has 0 saturated carbocycles. The lowest BCUT2D eigenvalue weighted by Gasteiger charge is -2.38. The fourth-order valence-electron chi connectivity index (χ4n) is 3.99. The first kappa shape index (κ1) is 26.3. The maximum atomic E-state index is 5.94. The van der Waals surface area contributed by atoms with Crippen LogP contribution in [0.5, 0.6) is 0 Å². The van der Waals surface area contributed by atoms with Crippen LogP contribution in [-0.4, -0.2) is 73.1 Å². The Labute approximate surface area is 168 Å². The lowest BCUT2D eigenvalue weighted by Crippen LogP contribution is -2.51. The first-order valence-corrected chi connectivity index (χ1v) is 15.6. The molecule has 0 rings (SSSR count). The molecule has 6 heteroatoms. The third-order valence-electron chi connectivity index (χ3n) is 5.46. The van der Waals surface area contributed by atoms with Crippen LogP contribution in [0.15, 0.2) is 0 Å². The molecule has 0 aromatic carbocycles. The highest BCUT2D eigenvalue weighted by atomic mass is 28.4. The number of hydrogen-bond acceptors (Lipinski definition) is 4. The van der Waals surface area contributed by atoms with E-state index in [4.69, 9.17) is 8.85 Å². The van der Waals surface area contributed by atoms with E-state index in [-0.39, 0.29) is 9.52 Å². The van der Waals surface area contributed by atoms with Crippen molar-refractivity contribution in [3.05, 3.63) is 0 Å². The summed E-state index contributed by atoms with van der Waals surface area (Å²) in [4.78, 5) is 5.36. The molecule has 26 heavy (non-hydrogen) atoms. The van der Waals surface area contributed by atoms with Gasteiger partial charge in [0.2, 0.25) is 0 Å². The maximum Gasteiger partial charge on any atom is 0.334 e. The number of nitrogens with zero attached hydrogens (tertiary/aromatic N) is 2. The van der Waals surface area contributed by atoms with E-state index in [0.29, 0.717) is 0 Å². The largest absolute Gasteiger partial charge is 0.395 e. The lowest BCUT2D eigenvalue weighted by atomic mass is 10.2. The molecule has 4 nitrogen and oxygen atoms in total. The summed E-state index contributed by atoms with van der Waals surface area (Å²) in [5.74, 6) is 0.756. The lowest BCUT2D eigenvalue weighted by molar-refractivity contribution is 0.114. The number of rotatable bonds is 18. The van der Waals surface area contributed by atoms with Crippen molar-refractivity contribution in [2.75, 3.05) is 39.4 Å². The molecule has 0 aromatic heterocycles. The van der Waals surface area contributed by atoms with Crippen molar-refractivity contribution >= 4 is 18.1 Å². The van der Waals surface area contributed by atoms with E-state index in [1.165, 1.54) is 57.9 Å². The minimum absolute atomic E-state index is 0.0802. The Kier molecular flexibility index (Phi) is 16.4. The first-order chi connectivity index (χ1) is 12.5. The Balaban J connectivity index is 4.14. The molecule has 0 amide bonds. The molecule has 158 valence electrons. The van der Waals surface area contributed by atoms with E-state index >= 15 is 0 Å². The van der Waals surface area contributed by atoms with E-state index in [2.05, 4.69) is 57.9 Å². The second-order valence-electron chi connectivity index (χ2n) is 7.23. The van der Waals surface area contributed by atoms with Crippen molar-refractivity contribution < 1.29 is 8.85 Å². The van der Waals surface area contributed by atoms with Crippen molar-refractivity contribution in [3.8, 4) is 0 Å². The van der Waals surface area contributed by atoms with Crippen LogP contribution in [0.1, 0.15) is 67.2 Å². The average Bonchev–Trinajstić information content (AvgIpc) is 2.62. The van der Waals surface area contributed by atoms with Gasteiger partial charge in [-0.25, -0.2) is 0 Å². The van der Waals surface area contributed by atoms with Gasteiger partial charge >= 0.3 is 8.56 Å². The fraction of sp³-hybridized carbons (Fsp3) is 1.00. The number of hydrogen-bond donors (Lipinski definition) is 0. The molecular weight excluding hydrogens is 356 g/mol. The van der Waals surface area contributed by atoms with Crippen LogP contribution in [0.25, 0.3) is 0 Å². The third-order valence-corrected chi connectivity index (χ3v) is 11.0. The van der Waals surface area contributed by atoms with E-state index in [1.54, 1.807) is 0 Å². The average molecular weight is 405 g/mol. The van der Waals surface area contributed by atoms with Crippen molar-refractivity contribution in [1.29, 1.82) is 0 Å². The number of unbranched alkanes of at least 4 members (excludes halogenated alkanes) is 3. The molecule has 0 aliphatic carbocycles. The smallest absolute Gasteiger partial charge is 0.334 e. The topological polar surface area (TPSA) is 24.9 Å². The zero-order chi connectivity index (χ0) is 19.8. The Morgan fingerprint density at radius 3 is 1.62 bits per heavy atom. The van der Waals surface area contributed by atoms with Crippen LogP contribution in [0, 0.1) is 0 Å². The van der Waals surface area contributed by atoms with Crippen LogP contribution in [0.3, 0.4) is 0 Å². The van der Waals surface area contributed by atoms with Gasteiger partial charge in [-0.1, -0.05) is 59.4 Å². The van der Waals surface area contributed by atoms with Gasteiger partial charge < -0.3 is 8.85 Å². The predicted molar refractivity (Wildman–Crippen MR) is 121 cm³/mol. The zero-order valence-electron chi connectivity index (χ0n) is 19.0. The van der Waals surface area contributed by atoms with Crippen molar-refractivity contribution in [1.82, 2.24) is 9.80 Å². The van der Waals surface area contributed by atoms with Gasteiger partial charge in [-0.15, -0.1) is 0 Å². The summed E-state index contributed by atoms with van der Waals surface area (Å²) in [5, 5.41) is 0. The van der Waals surface area contributed by atoms with Gasteiger partial charge in [0.25, 0.3) is 0 Å². The van der Waals surface area contributed by atoms with Crippen LogP contribution in [0.2, 0.25) is 18.6 Å². The highest BCUT2D eigenvalue weighted by Gasteiger charge is 2.29. The Morgan fingerprint density at radius 1 is 0.731 bits per heavy atom. The summed E-state index contributed by atoms with van der Waals surface area (Å²) in [6, 6.07) is 2.62. The van der Waals surface area contributed by atoms with E-state index in [1.807, 2.05) is 0 Å². The predicted octanol–water partition coefficient (Wildman–Crippen LogP) is 4.25. The molecule has 0 bridgehead atoms. The highest BCUT2D eigenvalue weighted by molar-refractivity contribution is 6.66. The monoisotopic (exact) mass is 404 g/mol. The van der Waals surface area contributed by atoms with Crippen LogP contribution < -0.4 is 0 Å². The molecule has 0 fully saturated rings. The molecule has 0 radical (unpaired) electrons. The second-order valence-corrected chi connectivity index (χ2v) is 12.6. The molecular formula is C20H48N2O2Si2. The van der Waals surface area contributed by atoms with Crippen LogP contribution in [-0.2, 0) is 8.85 Å². The highest BCUT2D eigenvalue weighted by Crippen LogP contribution is 2.19. The van der Waals surface area contributed by atoms with E-state index < -0.39 is 8.56 Å². The zero-order valence-corrected chi connectivity index (χ0v) is 21.4. The van der Waals surface area contributed by atoms with Crippen LogP contribution in [0.4, 0.5) is 0 Å². The molecule has 0 aromatic rings. The Hall–Kier alpha value is 0.274. The van der Waals surface area contributed by atoms with Gasteiger partial charge in [0.1, 0.15) is 0 Å². The molecule has 0 N–H and O–H groups in total. The summed E-state index contributed by atoms with van der Waals surface area (Å²) < 4.78 is 11.9. The summed E-state index contributed by atoms with van der Waals surface area (Å²) in [5.41, 5.74) is 0. The maximum absolute atomic E-state index is 5.94. The summed E-state index contributed by atoms with van der Waals surface area (Å²) in [6.07, 6.45) is 5.38. The molecule has 0 aliphatic rings. The van der Waals surface area contributed by atoms with Gasteiger partial charge in [-0.3, -0.25) is 9.80 Å². The normalized spacial score (nSPS) is 13.2. The van der Waals surface area contributed by atoms with Crippen molar-refractivity contribution in [2.24, 2.45) is 0 Å². The van der Waals surface area contributed by atoms with Crippen molar-refractivity contribution in [3.63, 3.8) is 0 Å².